The number of halogens is 1. The second-order valence-corrected chi connectivity index (χ2v) is 6.91. The summed E-state index contributed by atoms with van der Waals surface area (Å²) in [5.41, 5.74) is 7.80. The van der Waals surface area contributed by atoms with Crippen LogP contribution in [0.15, 0.2) is 42.9 Å². The van der Waals surface area contributed by atoms with Crippen molar-refractivity contribution in [2.24, 2.45) is 0 Å². The van der Waals surface area contributed by atoms with E-state index in [0.717, 1.165) is 45.1 Å². The minimum atomic E-state index is -0.198. The summed E-state index contributed by atoms with van der Waals surface area (Å²) < 4.78 is 17.5. The van der Waals surface area contributed by atoms with Crippen LogP contribution in [0, 0.1) is 33.5 Å². The minimum Gasteiger partial charge on any atom is -0.378 e. The predicted molar refractivity (Wildman–Crippen MR) is 105 cm³/mol. The number of fused-ring (bicyclic) bond motifs is 1. The number of pyridine rings is 1. The Balaban J connectivity index is 1.78. The van der Waals surface area contributed by atoms with E-state index in [1.807, 2.05) is 50.0 Å². The maximum Gasteiger partial charge on any atom is 0.160 e. The third-order valence-corrected chi connectivity index (χ3v) is 5.07. The van der Waals surface area contributed by atoms with Crippen LogP contribution in [0.25, 0.3) is 11.3 Å². The highest BCUT2D eigenvalue weighted by Crippen LogP contribution is 2.25. The normalized spacial score (nSPS) is 11.3. The van der Waals surface area contributed by atoms with E-state index < -0.39 is 0 Å². The molecule has 5 nitrogen and oxygen atoms in total. The maximum atomic E-state index is 13.6. The Morgan fingerprint density at radius 2 is 1.81 bits per heavy atom. The Labute approximate surface area is 157 Å². The van der Waals surface area contributed by atoms with Crippen LogP contribution in [0.2, 0.25) is 0 Å². The number of aryl methyl sites for hydroxylation is 4. The van der Waals surface area contributed by atoms with Crippen molar-refractivity contribution in [1.82, 2.24) is 19.2 Å². The second-order valence-electron chi connectivity index (χ2n) is 6.91. The van der Waals surface area contributed by atoms with E-state index >= 15 is 0 Å². The van der Waals surface area contributed by atoms with Crippen molar-refractivity contribution in [1.29, 1.82) is 0 Å². The van der Waals surface area contributed by atoms with Crippen LogP contribution in [0.5, 0.6) is 0 Å². The van der Waals surface area contributed by atoms with E-state index in [2.05, 4.69) is 21.7 Å². The first-order valence-corrected chi connectivity index (χ1v) is 8.93. The summed E-state index contributed by atoms with van der Waals surface area (Å²) in [6.07, 6.45) is 5.71. The zero-order valence-corrected chi connectivity index (χ0v) is 15.9. The molecule has 0 spiro atoms. The fourth-order valence-electron chi connectivity index (χ4n) is 3.44. The van der Waals surface area contributed by atoms with Gasteiger partial charge in [0.05, 0.1) is 17.1 Å². The monoisotopic (exact) mass is 363 g/mol. The largest absolute Gasteiger partial charge is 0.378 e. The average Bonchev–Trinajstić information content (AvgIpc) is 3.24. The number of aromatic nitrogens is 4. The molecular weight excluding hydrogens is 341 g/mol. The third-order valence-electron chi connectivity index (χ3n) is 5.07. The van der Waals surface area contributed by atoms with Crippen LogP contribution < -0.4 is 5.32 Å². The van der Waals surface area contributed by atoms with Gasteiger partial charge in [0.1, 0.15) is 5.82 Å². The lowest BCUT2D eigenvalue weighted by atomic mass is 10.0. The van der Waals surface area contributed by atoms with Crippen LogP contribution in [0.1, 0.15) is 28.1 Å². The number of nitrogens with one attached hydrogen (secondary N) is 1. The highest BCUT2D eigenvalue weighted by Gasteiger charge is 2.13. The summed E-state index contributed by atoms with van der Waals surface area (Å²) in [4.78, 5) is 4.72. The number of anilines is 1. The third kappa shape index (κ3) is 3.07. The summed E-state index contributed by atoms with van der Waals surface area (Å²) in [6.45, 7) is 8.54. The molecule has 0 amide bonds. The standard InChI is InChI=1S/C21H22FN5/c1-13-8-17(22)9-14(2)19(13)11-23-20-10-18(27-7-5-6-24-27)12-26-16(4)15(3)25-21(20)26/h5-10,12,23H,11H2,1-4H3. The molecule has 1 N–H and O–H groups in total. The fourth-order valence-corrected chi connectivity index (χ4v) is 3.44. The van der Waals surface area contributed by atoms with Crippen LogP contribution in [-0.4, -0.2) is 19.2 Å². The lowest BCUT2D eigenvalue weighted by Crippen LogP contribution is -2.07. The SMILES string of the molecule is Cc1cc(F)cc(C)c1CNc1cc(-n2cccn2)cn2c(C)c(C)nc12. The highest BCUT2D eigenvalue weighted by atomic mass is 19.1. The molecule has 0 fully saturated rings. The first-order chi connectivity index (χ1) is 12.9. The summed E-state index contributed by atoms with van der Waals surface area (Å²) in [6, 6.07) is 7.09. The van der Waals surface area contributed by atoms with Crippen molar-refractivity contribution in [2.45, 2.75) is 34.2 Å². The first kappa shape index (κ1) is 17.3. The van der Waals surface area contributed by atoms with Crippen molar-refractivity contribution >= 4 is 11.3 Å². The molecule has 138 valence electrons. The fraction of sp³-hybridized carbons (Fsp3) is 0.238. The Morgan fingerprint density at radius 1 is 1.07 bits per heavy atom. The molecule has 6 heteroatoms. The van der Waals surface area contributed by atoms with Crippen molar-refractivity contribution in [3.05, 3.63) is 76.8 Å². The average molecular weight is 363 g/mol. The molecule has 0 atom stereocenters. The van der Waals surface area contributed by atoms with Crippen molar-refractivity contribution in [2.75, 3.05) is 5.32 Å². The van der Waals surface area contributed by atoms with Gasteiger partial charge in [-0.1, -0.05) is 0 Å². The smallest absolute Gasteiger partial charge is 0.160 e. The number of imidazole rings is 1. The van der Waals surface area contributed by atoms with Crippen LogP contribution in [0.3, 0.4) is 0 Å². The van der Waals surface area contributed by atoms with E-state index in [-0.39, 0.29) is 5.82 Å². The van der Waals surface area contributed by atoms with Gasteiger partial charge >= 0.3 is 0 Å². The molecule has 4 aromatic rings. The molecule has 3 heterocycles. The minimum absolute atomic E-state index is 0.198. The molecule has 0 radical (unpaired) electrons. The lowest BCUT2D eigenvalue weighted by Gasteiger charge is -2.14. The summed E-state index contributed by atoms with van der Waals surface area (Å²) in [5, 5.41) is 7.84. The van der Waals surface area contributed by atoms with Gasteiger partial charge in [-0.2, -0.15) is 5.10 Å². The number of rotatable bonds is 4. The van der Waals surface area contributed by atoms with Gasteiger partial charge in [-0.05, 0) is 68.7 Å². The van der Waals surface area contributed by atoms with E-state index in [0.29, 0.717) is 6.54 Å². The topological polar surface area (TPSA) is 47.2 Å². The molecule has 0 aliphatic heterocycles. The van der Waals surface area contributed by atoms with Crippen LogP contribution in [-0.2, 0) is 6.54 Å². The van der Waals surface area contributed by atoms with Crippen LogP contribution >= 0.6 is 0 Å². The lowest BCUT2D eigenvalue weighted by molar-refractivity contribution is 0.624. The van der Waals surface area contributed by atoms with Gasteiger partial charge in [-0.15, -0.1) is 0 Å². The quantitative estimate of drug-likeness (QED) is 0.580. The molecule has 0 saturated carbocycles. The number of nitrogens with zero attached hydrogens (tertiary/aromatic N) is 4. The van der Waals surface area contributed by atoms with Gasteiger partial charge in [0.25, 0.3) is 0 Å². The molecule has 0 unspecified atom stereocenters. The molecular formula is C21H22FN5. The van der Waals surface area contributed by atoms with Gasteiger partial charge < -0.3 is 9.72 Å². The van der Waals surface area contributed by atoms with Gasteiger partial charge in [0.15, 0.2) is 5.65 Å². The molecule has 0 aliphatic rings. The molecule has 0 bridgehead atoms. The molecule has 27 heavy (non-hydrogen) atoms. The Morgan fingerprint density at radius 3 is 2.48 bits per heavy atom. The molecule has 3 aromatic heterocycles. The first-order valence-electron chi connectivity index (χ1n) is 8.93. The molecule has 0 aliphatic carbocycles. The number of benzene rings is 1. The van der Waals surface area contributed by atoms with Crippen molar-refractivity contribution < 1.29 is 4.39 Å². The number of hydrogen-bond donors (Lipinski definition) is 1. The zero-order chi connectivity index (χ0) is 19.1. The second kappa shape index (κ2) is 6.54. The molecule has 1 aromatic carbocycles. The maximum absolute atomic E-state index is 13.6. The van der Waals surface area contributed by atoms with Crippen molar-refractivity contribution in [3.63, 3.8) is 0 Å². The summed E-state index contributed by atoms with van der Waals surface area (Å²) in [5.74, 6) is -0.198. The Kier molecular flexibility index (Phi) is 4.18. The Bertz CT molecular complexity index is 1100. The summed E-state index contributed by atoms with van der Waals surface area (Å²) in [7, 11) is 0. The predicted octanol–water partition coefficient (Wildman–Crippen LogP) is 4.50. The van der Waals surface area contributed by atoms with Crippen LogP contribution in [0.4, 0.5) is 10.1 Å². The van der Waals surface area contributed by atoms with E-state index in [4.69, 9.17) is 4.98 Å². The van der Waals surface area contributed by atoms with E-state index in [1.54, 1.807) is 18.3 Å². The highest BCUT2D eigenvalue weighted by molar-refractivity contribution is 5.71. The molecule has 4 rings (SSSR count). The van der Waals surface area contributed by atoms with Gasteiger partial charge in [0, 0.05) is 30.8 Å². The number of hydrogen-bond acceptors (Lipinski definition) is 3. The van der Waals surface area contributed by atoms with Gasteiger partial charge in [-0.3, -0.25) is 0 Å². The van der Waals surface area contributed by atoms with E-state index in [1.165, 1.54) is 0 Å². The summed E-state index contributed by atoms with van der Waals surface area (Å²) >= 11 is 0. The molecule has 0 saturated heterocycles. The van der Waals surface area contributed by atoms with Gasteiger partial charge in [-0.25, -0.2) is 14.1 Å². The van der Waals surface area contributed by atoms with Gasteiger partial charge in [0.2, 0.25) is 0 Å². The van der Waals surface area contributed by atoms with E-state index in [9.17, 15) is 4.39 Å². The Hall–Kier alpha value is -3.15. The van der Waals surface area contributed by atoms with Crippen molar-refractivity contribution in [3.8, 4) is 5.69 Å². The zero-order valence-electron chi connectivity index (χ0n) is 15.9.